The summed E-state index contributed by atoms with van der Waals surface area (Å²) in [5, 5.41) is 9.30. The van der Waals surface area contributed by atoms with Crippen molar-refractivity contribution in [2.24, 2.45) is 5.73 Å². The van der Waals surface area contributed by atoms with E-state index in [0.717, 1.165) is 5.56 Å². The van der Waals surface area contributed by atoms with Crippen molar-refractivity contribution in [1.29, 1.82) is 0 Å². The molecule has 4 nitrogen and oxygen atoms in total. The summed E-state index contributed by atoms with van der Waals surface area (Å²) in [6, 6.07) is 6.08. The first-order valence-electron chi connectivity index (χ1n) is 5.26. The van der Waals surface area contributed by atoms with Crippen LogP contribution in [0.3, 0.4) is 0 Å². The monoisotopic (exact) mass is 232 g/mol. The fourth-order valence-electron chi connectivity index (χ4n) is 1.50. The predicted octanol–water partition coefficient (Wildman–Crippen LogP) is 0.701. The van der Waals surface area contributed by atoms with Gasteiger partial charge < -0.3 is 15.7 Å². The summed E-state index contributed by atoms with van der Waals surface area (Å²) in [6.07, 6.45) is 5.33. The van der Waals surface area contributed by atoms with E-state index >= 15 is 0 Å². The fraction of sp³-hybridized carbons (Fsp3) is 0.308. The van der Waals surface area contributed by atoms with Gasteiger partial charge >= 0.3 is 0 Å². The van der Waals surface area contributed by atoms with Crippen LogP contribution in [-0.2, 0) is 11.3 Å². The van der Waals surface area contributed by atoms with Crippen molar-refractivity contribution in [3.05, 3.63) is 29.8 Å². The highest BCUT2D eigenvalue weighted by Crippen LogP contribution is 2.12. The Labute approximate surface area is 101 Å². The van der Waals surface area contributed by atoms with Gasteiger partial charge in [-0.05, 0) is 17.7 Å². The van der Waals surface area contributed by atoms with Crippen LogP contribution in [0.25, 0.3) is 0 Å². The standard InChI is InChI=1S/C13H16N2O2/c1-3-5-12(14)13(17)15(2)9-10-6-4-7-11(16)8-10/h1,4,6-8,12,16H,5,9,14H2,2H3. The lowest BCUT2D eigenvalue weighted by Crippen LogP contribution is -2.41. The van der Waals surface area contributed by atoms with E-state index in [1.54, 1.807) is 25.2 Å². The van der Waals surface area contributed by atoms with E-state index in [4.69, 9.17) is 12.2 Å². The minimum atomic E-state index is -0.665. The Kier molecular flexibility index (Phi) is 4.56. The van der Waals surface area contributed by atoms with Gasteiger partial charge in [-0.2, -0.15) is 0 Å². The van der Waals surface area contributed by atoms with Crippen molar-refractivity contribution in [2.75, 3.05) is 7.05 Å². The van der Waals surface area contributed by atoms with Crippen LogP contribution in [-0.4, -0.2) is 29.0 Å². The number of rotatable bonds is 4. The van der Waals surface area contributed by atoms with Crippen LogP contribution in [0.5, 0.6) is 5.75 Å². The first-order valence-corrected chi connectivity index (χ1v) is 5.26. The highest BCUT2D eigenvalue weighted by atomic mass is 16.3. The molecule has 1 atom stereocenters. The molecule has 1 rings (SSSR count). The maximum Gasteiger partial charge on any atom is 0.240 e. The van der Waals surface area contributed by atoms with Gasteiger partial charge in [-0.3, -0.25) is 4.79 Å². The topological polar surface area (TPSA) is 66.6 Å². The third kappa shape index (κ3) is 3.82. The van der Waals surface area contributed by atoms with Gasteiger partial charge in [0.05, 0.1) is 6.04 Å². The van der Waals surface area contributed by atoms with Gasteiger partial charge in [0, 0.05) is 20.0 Å². The summed E-state index contributed by atoms with van der Waals surface area (Å²) in [7, 11) is 1.66. The first-order chi connectivity index (χ1) is 8.04. The normalized spacial score (nSPS) is 11.6. The number of hydrogen-bond donors (Lipinski definition) is 2. The molecule has 3 N–H and O–H groups in total. The highest BCUT2D eigenvalue weighted by Gasteiger charge is 2.16. The van der Waals surface area contributed by atoms with Crippen molar-refractivity contribution >= 4 is 5.91 Å². The van der Waals surface area contributed by atoms with Gasteiger partial charge in [0.2, 0.25) is 5.91 Å². The number of carbonyl (C=O) groups excluding carboxylic acids is 1. The predicted molar refractivity (Wildman–Crippen MR) is 66.0 cm³/mol. The molecule has 0 saturated heterocycles. The molecule has 0 aliphatic heterocycles. The number of amides is 1. The third-order valence-corrected chi connectivity index (χ3v) is 2.36. The number of terminal acetylenes is 1. The van der Waals surface area contributed by atoms with E-state index < -0.39 is 6.04 Å². The highest BCUT2D eigenvalue weighted by molar-refractivity contribution is 5.81. The molecule has 0 bridgehead atoms. The lowest BCUT2D eigenvalue weighted by atomic mass is 10.1. The molecule has 17 heavy (non-hydrogen) atoms. The summed E-state index contributed by atoms with van der Waals surface area (Å²) < 4.78 is 0. The Morgan fingerprint density at radius 2 is 2.35 bits per heavy atom. The molecule has 4 heteroatoms. The van der Waals surface area contributed by atoms with Crippen LogP contribution >= 0.6 is 0 Å². The van der Waals surface area contributed by atoms with Crippen molar-refractivity contribution in [2.45, 2.75) is 19.0 Å². The smallest absolute Gasteiger partial charge is 0.240 e. The molecule has 0 radical (unpaired) electrons. The first kappa shape index (κ1) is 13.1. The molecule has 90 valence electrons. The lowest BCUT2D eigenvalue weighted by Gasteiger charge is -2.20. The Morgan fingerprint density at radius 1 is 1.65 bits per heavy atom. The van der Waals surface area contributed by atoms with Crippen molar-refractivity contribution in [3.8, 4) is 18.1 Å². The molecule has 0 aromatic heterocycles. The molecule has 0 aliphatic rings. The Morgan fingerprint density at radius 3 is 2.94 bits per heavy atom. The molecular weight excluding hydrogens is 216 g/mol. The van der Waals surface area contributed by atoms with E-state index in [9.17, 15) is 9.90 Å². The number of aromatic hydroxyl groups is 1. The zero-order valence-corrected chi connectivity index (χ0v) is 9.76. The van der Waals surface area contributed by atoms with Gasteiger partial charge in [-0.1, -0.05) is 12.1 Å². The molecule has 0 aliphatic carbocycles. The second-order valence-electron chi connectivity index (χ2n) is 3.88. The summed E-state index contributed by atoms with van der Waals surface area (Å²) in [6.45, 7) is 0.394. The number of likely N-dealkylation sites (N-methyl/N-ethyl adjacent to an activating group) is 1. The third-order valence-electron chi connectivity index (χ3n) is 2.36. The molecular formula is C13H16N2O2. The SMILES string of the molecule is C#CCC(N)C(=O)N(C)Cc1cccc(O)c1. The number of hydrogen-bond acceptors (Lipinski definition) is 3. The molecule has 0 spiro atoms. The summed E-state index contributed by atoms with van der Waals surface area (Å²) >= 11 is 0. The maximum atomic E-state index is 11.8. The van der Waals surface area contributed by atoms with Crippen LogP contribution in [0.2, 0.25) is 0 Å². The van der Waals surface area contributed by atoms with Gasteiger partial charge in [-0.25, -0.2) is 0 Å². The summed E-state index contributed by atoms with van der Waals surface area (Å²) in [4.78, 5) is 13.3. The van der Waals surface area contributed by atoms with Crippen LogP contribution in [0.15, 0.2) is 24.3 Å². The lowest BCUT2D eigenvalue weighted by molar-refractivity contribution is -0.131. The van der Waals surface area contributed by atoms with E-state index in [1.807, 2.05) is 6.07 Å². The van der Waals surface area contributed by atoms with Gasteiger partial charge in [0.1, 0.15) is 5.75 Å². The van der Waals surface area contributed by atoms with Gasteiger partial charge in [0.25, 0.3) is 0 Å². The quantitative estimate of drug-likeness (QED) is 0.751. The maximum absolute atomic E-state index is 11.8. The summed E-state index contributed by atoms with van der Waals surface area (Å²) in [5.41, 5.74) is 6.47. The molecule has 1 aromatic rings. The minimum absolute atomic E-state index is 0.177. The molecule has 1 aromatic carbocycles. The van der Waals surface area contributed by atoms with E-state index in [2.05, 4.69) is 5.92 Å². The second-order valence-corrected chi connectivity index (χ2v) is 3.88. The number of phenolic OH excluding ortho intramolecular Hbond substituents is 1. The Hall–Kier alpha value is -1.99. The number of carbonyl (C=O) groups is 1. The molecule has 1 unspecified atom stereocenters. The number of benzene rings is 1. The van der Waals surface area contributed by atoms with Crippen LogP contribution in [0.1, 0.15) is 12.0 Å². The Balaban J connectivity index is 2.63. The van der Waals surface area contributed by atoms with Crippen molar-refractivity contribution < 1.29 is 9.90 Å². The van der Waals surface area contributed by atoms with E-state index in [1.165, 1.54) is 4.90 Å². The number of nitrogens with two attached hydrogens (primary N) is 1. The van der Waals surface area contributed by atoms with Crippen LogP contribution < -0.4 is 5.73 Å². The van der Waals surface area contributed by atoms with Gasteiger partial charge in [0.15, 0.2) is 0 Å². The average Bonchev–Trinajstić information content (AvgIpc) is 2.28. The Bertz CT molecular complexity index is 437. The average molecular weight is 232 g/mol. The van der Waals surface area contributed by atoms with Crippen molar-refractivity contribution in [3.63, 3.8) is 0 Å². The second kappa shape index (κ2) is 5.92. The molecule has 0 saturated carbocycles. The molecule has 0 heterocycles. The largest absolute Gasteiger partial charge is 0.508 e. The number of nitrogens with zero attached hydrogens (tertiary/aromatic N) is 1. The zero-order chi connectivity index (χ0) is 12.8. The zero-order valence-electron chi connectivity index (χ0n) is 9.76. The van der Waals surface area contributed by atoms with Gasteiger partial charge in [-0.15, -0.1) is 12.3 Å². The van der Waals surface area contributed by atoms with Crippen molar-refractivity contribution in [1.82, 2.24) is 4.90 Å². The number of phenols is 1. The van der Waals surface area contributed by atoms with E-state index in [-0.39, 0.29) is 18.1 Å². The van der Waals surface area contributed by atoms with E-state index in [0.29, 0.717) is 6.54 Å². The molecule has 0 fully saturated rings. The van der Waals surface area contributed by atoms with Crippen LogP contribution in [0.4, 0.5) is 0 Å². The molecule has 1 amide bonds. The summed E-state index contributed by atoms with van der Waals surface area (Å²) in [5.74, 6) is 2.34. The fourth-order valence-corrected chi connectivity index (χ4v) is 1.50. The minimum Gasteiger partial charge on any atom is -0.508 e. The van der Waals surface area contributed by atoms with Crippen LogP contribution in [0, 0.1) is 12.3 Å².